The molecule has 1 saturated heterocycles. The molecule has 4 rings (SSSR count). The first-order chi connectivity index (χ1) is 14.4. The lowest BCUT2D eigenvalue weighted by atomic mass is 10.2. The molecule has 0 aromatic heterocycles. The molecule has 1 aliphatic rings. The van der Waals surface area contributed by atoms with E-state index in [4.69, 9.17) is 9.47 Å². The Morgan fingerprint density at radius 1 is 0.733 bits per heavy atom. The Bertz CT molecular complexity index is 755. The van der Waals surface area contributed by atoms with Gasteiger partial charge in [-0.15, -0.1) is 0 Å². The lowest BCUT2D eigenvalue weighted by Crippen LogP contribution is -3.00. The molecule has 4 heteroatoms. The molecule has 0 amide bonds. The first-order valence-electron chi connectivity index (χ1n) is 10.7. The molecule has 30 heavy (non-hydrogen) atoms. The van der Waals surface area contributed by atoms with Crippen molar-refractivity contribution in [2.24, 2.45) is 0 Å². The number of benzene rings is 3. The summed E-state index contributed by atoms with van der Waals surface area (Å²) in [6.07, 6.45) is 5.49. The predicted octanol–water partition coefficient (Wildman–Crippen LogP) is 1.92. The van der Waals surface area contributed by atoms with E-state index >= 15 is 0 Å². The largest absolute Gasteiger partial charge is 1.00 e. The van der Waals surface area contributed by atoms with Crippen LogP contribution in [0.4, 0.5) is 0 Å². The van der Waals surface area contributed by atoms with Gasteiger partial charge in [0.2, 0.25) is 0 Å². The van der Waals surface area contributed by atoms with E-state index in [-0.39, 0.29) is 23.3 Å². The van der Waals surface area contributed by atoms with E-state index in [0.717, 1.165) is 38.6 Å². The summed E-state index contributed by atoms with van der Waals surface area (Å²) in [5.41, 5.74) is 0. The first-order valence-corrected chi connectivity index (χ1v) is 12.7. The molecule has 1 atom stereocenters. The van der Waals surface area contributed by atoms with Gasteiger partial charge in [0.15, 0.2) is 6.29 Å². The molecule has 0 spiro atoms. The Kier molecular flexibility index (Phi) is 9.08. The van der Waals surface area contributed by atoms with Gasteiger partial charge in [0.05, 0.1) is 12.8 Å². The van der Waals surface area contributed by atoms with Crippen molar-refractivity contribution in [1.82, 2.24) is 0 Å². The van der Waals surface area contributed by atoms with Crippen molar-refractivity contribution in [3.63, 3.8) is 0 Å². The summed E-state index contributed by atoms with van der Waals surface area (Å²) in [6, 6.07) is 33.2. The highest BCUT2D eigenvalue weighted by Gasteiger charge is 2.44. The minimum absolute atomic E-state index is 0. The summed E-state index contributed by atoms with van der Waals surface area (Å²) in [5.74, 6) is 0. The summed E-state index contributed by atoms with van der Waals surface area (Å²) in [6.45, 7) is 1.58. The van der Waals surface area contributed by atoms with E-state index in [1.54, 1.807) is 0 Å². The highest BCUT2D eigenvalue weighted by molar-refractivity contribution is 7.95. The van der Waals surface area contributed by atoms with Crippen molar-refractivity contribution in [2.75, 3.05) is 19.4 Å². The Balaban J connectivity index is 0.00000256. The summed E-state index contributed by atoms with van der Waals surface area (Å²) < 4.78 is 11.8. The molecule has 3 aromatic carbocycles. The molecule has 3 aromatic rings. The van der Waals surface area contributed by atoms with Crippen molar-refractivity contribution in [2.45, 2.75) is 32.0 Å². The van der Waals surface area contributed by atoms with Gasteiger partial charge in [0.25, 0.3) is 0 Å². The lowest BCUT2D eigenvalue weighted by Gasteiger charge is -2.28. The summed E-state index contributed by atoms with van der Waals surface area (Å²) in [4.78, 5) is 0. The van der Waals surface area contributed by atoms with E-state index in [2.05, 4.69) is 91.0 Å². The maximum absolute atomic E-state index is 6.08. The van der Waals surface area contributed by atoms with Crippen molar-refractivity contribution >= 4 is 23.2 Å². The lowest BCUT2D eigenvalue weighted by molar-refractivity contribution is -0.162. The quantitative estimate of drug-likeness (QED) is 0.359. The Morgan fingerprint density at radius 3 is 1.67 bits per heavy atom. The standard InChI is InChI=1S/C26H30O2P.BrH/c1-4-13-23(14-5-1)29(24-15-6-2-7-16-24,25-17-8-3-9-18-25)22-12-21-28-26-19-10-11-20-27-26;/h1-9,13-18,26H,10-12,19-22H2;1H/q+1;/p-1. The van der Waals surface area contributed by atoms with Crippen molar-refractivity contribution in [3.05, 3.63) is 91.0 Å². The smallest absolute Gasteiger partial charge is 0.157 e. The van der Waals surface area contributed by atoms with E-state index in [1.807, 2.05) is 0 Å². The van der Waals surface area contributed by atoms with Gasteiger partial charge >= 0.3 is 0 Å². The van der Waals surface area contributed by atoms with E-state index < -0.39 is 7.26 Å². The van der Waals surface area contributed by atoms with Crippen molar-refractivity contribution in [1.29, 1.82) is 0 Å². The summed E-state index contributed by atoms with van der Waals surface area (Å²) >= 11 is 0. The number of hydrogen-bond acceptors (Lipinski definition) is 2. The average Bonchev–Trinajstić information content (AvgIpc) is 2.82. The highest BCUT2D eigenvalue weighted by Crippen LogP contribution is 2.55. The van der Waals surface area contributed by atoms with Crippen LogP contribution in [0.1, 0.15) is 25.7 Å². The van der Waals surface area contributed by atoms with Crippen LogP contribution in [0.25, 0.3) is 0 Å². The third-order valence-electron chi connectivity index (χ3n) is 5.67. The maximum Gasteiger partial charge on any atom is 0.157 e. The summed E-state index contributed by atoms with van der Waals surface area (Å²) in [7, 11) is -1.74. The van der Waals surface area contributed by atoms with Crippen LogP contribution in [0.2, 0.25) is 0 Å². The molecule has 0 N–H and O–H groups in total. The van der Waals surface area contributed by atoms with Gasteiger partial charge in [0.1, 0.15) is 23.2 Å². The zero-order valence-corrected chi connectivity index (χ0v) is 19.8. The third kappa shape index (κ3) is 5.39. The second kappa shape index (κ2) is 11.8. The molecule has 0 bridgehead atoms. The van der Waals surface area contributed by atoms with Gasteiger partial charge in [-0.25, -0.2) is 0 Å². The molecule has 1 unspecified atom stereocenters. The van der Waals surface area contributed by atoms with Gasteiger partial charge in [-0.3, -0.25) is 0 Å². The van der Waals surface area contributed by atoms with E-state index in [1.165, 1.54) is 22.3 Å². The fourth-order valence-electron chi connectivity index (χ4n) is 4.24. The number of ether oxygens (including phenoxy) is 2. The molecule has 1 heterocycles. The van der Waals surface area contributed by atoms with E-state index in [0.29, 0.717) is 0 Å². The zero-order chi connectivity index (χ0) is 19.8. The topological polar surface area (TPSA) is 18.5 Å². The molecule has 2 nitrogen and oxygen atoms in total. The molecule has 1 aliphatic heterocycles. The van der Waals surface area contributed by atoms with Crippen LogP contribution >= 0.6 is 7.26 Å². The van der Waals surface area contributed by atoms with Gasteiger partial charge in [-0.05, 0) is 55.7 Å². The van der Waals surface area contributed by atoms with Gasteiger partial charge in [0, 0.05) is 13.0 Å². The summed E-state index contributed by atoms with van der Waals surface area (Å²) in [5, 5.41) is 4.31. The molecule has 1 fully saturated rings. The highest BCUT2D eigenvalue weighted by atomic mass is 79.9. The second-order valence-electron chi connectivity index (χ2n) is 7.56. The van der Waals surface area contributed by atoms with Gasteiger partial charge < -0.3 is 26.5 Å². The molecule has 0 radical (unpaired) electrons. The van der Waals surface area contributed by atoms with Crippen LogP contribution in [0, 0.1) is 0 Å². The Labute approximate surface area is 191 Å². The van der Waals surface area contributed by atoms with Crippen LogP contribution in [0.5, 0.6) is 0 Å². The van der Waals surface area contributed by atoms with Crippen molar-refractivity contribution < 1.29 is 26.5 Å². The van der Waals surface area contributed by atoms with Crippen LogP contribution in [-0.4, -0.2) is 25.7 Å². The van der Waals surface area contributed by atoms with Crippen LogP contribution < -0.4 is 32.9 Å². The zero-order valence-electron chi connectivity index (χ0n) is 17.3. The Hall–Kier alpha value is -1.51. The van der Waals surface area contributed by atoms with Gasteiger partial charge in [-0.1, -0.05) is 54.6 Å². The van der Waals surface area contributed by atoms with Crippen LogP contribution in [0.15, 0.2) is 91.0 Å². The monoisotopic (exact) mass is 484 g/mol. The fraction of sp³-hybridized carbons (Fsp3) is 0.308. The van der Waals surface area contributed by atoms with Gasteiger partial charge in [-0.2, -0.15) is 0 Å². The molecule has 0 aliphatic carbocycles. The normalized spacial score (nSPS) is 16.6. The SMILES string of the molecule is [Br-].c1ccc([P+](CCCOC2CCCCO2)(c2ccccc2)c2ccccc2)cc1. The number of halogens is 1. The fourth-order valence-corrected chi connectivity index (χ4v) is 8.56. The third-order valence-corrected chi connectivity index (χ3v) is 10.2. The van der Waals surface area contributed by atoms with E-state index in [9.17, 15) is 0 Å². The maximum atomic E-state index is 6.08. The Morgan fingerprint density at radius 2 is 1.23 bits per heavy atom. The van der Waals surface area contributed by atoms with Crippen molar-refractivity contribution in [3.8, 4) is 0 Å². The van der Waals surface area contributed by atoms with Crippen LogP contribution in [-0.2, 0) is 9.47 Å². The molecule has 158 valence electrons. The number of rotatable bonds is 8. The first kappa shape index (κ1) is 23.2. The molecular weight excluding hydrogens is 455 g/mol. The molecule has 0 saturated carbocycles. The molecular formula is C26H30BrO2P. The average molecular weight is 485 g/mol. The minimum Gasteiger partial charge on any atom is -1.00 e. The number of hydrogen-bond donors (Lipinski definition) is 0. The van der Waals surface area contributed by atoms with Crippen LogP contribution in [0.3, 0.4) is 0 Å². The second-order valence-corrected chi connectivity index (χ2v) is 11.2. The predicted molar refractivity (Wildman–Crippen MR) is 124 cm³/mol. The minimum atomic E-state index is -1.74.